The molecule has 3 aromatic heterocycles. The first-order valence-corrected chi connectivity index (χ1v) is 15.9. The number of carbonyl (C=O) groups excluding carboxylic acids is 2. The molecule has 1 aliphatic heterocycles. The predicted molar refractivity (Wildman–Crippen MR) is 173 cm³/mol. The molecule has 1 unspecified atom stereocenters. The number of halogens is 3. The fourth-order valence-corrected chi connectivity index (χ4v) is 6.37. The zero-order chi connectivity index (χ0) is 31.9. The van der Waals surface area contributed by atoms with Crippen molar-refractivity contribution < 1.29 is 18.7 Å². The molecule has 0 spiro atoms. The summed E-state index contributed by atoms with van der Waals surface area (Å²) in [4.78, 5) is 34.3. The van der Waals surface area contributed by atoms with Gasteiger partial charge in [-0.3, -0.25) is 14.8 Å². The number of alkyl carbamates (subject to hydrolysis) is 1. The molecule has 0 aliphatic carbocycles. The Balaban J connectivity index is 1.28. The number of hydrogen-bond acceptors (Lipinski definition) is 7. The molecule has 10 nitrogen and oxygen atoms in total. The molecule has 0 radical (unpaired) electrons. The highest BCUT2D eigenvalue weighted by Gasteiger charge is 2.34. The van der Waals surface area contributed by atoms with Crippen molar-refractivity contribution >= 4 is 62.6 Å². The van der Waals surface area contributed by atoms with E-state index in [0.29, 0.717) is 56.0 Å². The third kappa shape index (κ3) is 6.68. The summed E-state index contributed by atoms with van der Waals surface area (Å²) in [5.74, 6) is -0.425. The molecule has 5 aromatic rings. The van der Waals surface area contributed by atoms with Gasteiger partial charge < -0.3 is 14.6 Å². The van der Waals surface area contributed by atoms with Gasteiger partial charge in [-0.15, -0.1) is 11.3 Å². The normalized spacial score (nSPS) is 15.2. The number of imidazole rings is 1. The van der Waals surface area contributed by atoms with Crippen molar-refractivity contribution in [2.45, 2.75) is 58.0 Å². The van der Waals surface area contributed by atoms with Crippen LogP contribution in [0.1, 0.15) is 43.8 Å². The van der Waals surface area contributed by atoms with Crippen LogP contribution < -0.4 is 10.6 Å². The lowest BCUT2D eigenvalue weighted by Gasteiger charge is -2.19. The number of amides is 2. The van der Waals surface area contributed by atoms with Crippen LogP contribution in [0.5, 0.6) is 0 Å². The van der Waals surface area contributed by atoms with Crippen molar-refractivity contribution in [1.29, 1.82) is 0 Å². The number of nitrogens with zero attached hydrogens (tertiary/aromatic N) is 5. The molecule has 0 saturated heterocycles. The van der Waals surface area contributed by atoms with E-state index in [1.807, 2.05) is 45.0 Å². The van der Waals surface area contributed by atoms with Crippen LogP contribution >= 0.6 is 34.5 Å². The van der Waals surface area contributed by atoms with Crippen LogP contribution in [0.25, 0.3) is 22.0 Å². The second kappa shape index (κ2) is 12.4. The number of fused-ring (bicyclic) bond motifs is 2. The maximum Gasteiger partial charge on any atom is 0.407 e. The largest absolute Gasteiger partial charge is 0.444 e. The number of rotatable bonds is 8. The third-order valence-corrected chi connectivity index (χ3v) is 8.66. The number of aromatic nitrogens is 5. The van der Waals surface area contributed by atoms with Gasteiger partial charge >= 0.3 is 6.09 Å². The predicted octanol–water partition coefficient (Wildman–Crippen LogP) is 6.85. The molecular weight excluding hydrogens is 640 g/mol. The standard InChI is InChI=1S/C31H30Cl2FN7O3S/c1-31(2,3)44-30(43)36-9-8-17-4-6-18(7-5-17)20-13-22(32)21-15-41(39-25(21)24(20)33)27(28(42)38-29-35-10-11-45-29)26-23-12-19(34)14-40(23)16-37-26/h4-7,10-11,13,15-16,19,27H,8-9,12,14H2,1-3H3,(H,36,43)(H,35,38,42)/t19-,27?/m1/s1. The van der Waals surface area contributed by atoms with Gasteiger partial charge in [-0.1, -0.05) is 47.5 Å². The lowest BCUT2D eigenvalue weighted by Crippen LogP contribution is -2.33. The van der Waals surface area contributed by atoms with E-state index >= 15 is 0 Å². The van der Waals surface area contributed by atoms with Crippen LogP contribution in [0, 0.1) is 0 Å². The molecule has 0 saturated carbocycles. The Morgan fingerprint density at radius 1 is 1.20 bits per heavy atom. The minimum absolute atomic E-state index is 0.149. The lowest BCUT2D eigenvalue weighted by atomic mass is 10.0. The monoisotopic (exact) mass is 669 g/mol. The highest BCUT2D eigenvalue weighted by Crippen LogP contribution is 2.39. The smallest absolute Gasteiger partial charge is 0.407 e. The number of hydrogen-bond donors (Lipinski definition) is 2. The van der Waals surface area contributed by atoms with Crippen LogP contribution in [0.2, 0.25) is 10.0 Å². The summed E-state index contributed by atoms with van der Waals surface area (Å²) >= 11 is 15.0. The van der Waals surface area contributed by atoms with E-state index in [1.165, 1.54) is 16.0 Å². The quantitative estimate of drug-likeness (QED) is 0.187. The molecule has 2 atom stereocenters. The van der Waals surface area contributed by atoms with Gasteiger partial charge in [0, 0.05) is 47.4 Å². The summed E-state index contributed by atoms with van der Waals surface area (Å²) in [5.41, 5.74) is 3.40. The molecule has 234 valence electrons. The average Bonchev–Trinajstić information content (AvgIpc) is 3.77. The maximum atomic E-state index is 14.3. The number of benzene rings is 2. The summed E-state index contributed by atoms with van der Waals surface area (Å²) in [6.07, 6.45) is 4.05. The van der Waals surface area contributed by atoms with Gasteiger partial charge in [0.05, 0.1) is 28.6 Å². The molecule has 45 heavy (non-hydrogen) atoms. The van der Waals surface area contributed by atoms with E-state index in [2.05, 4.69) is 20.6 Å². The summed E-state index contributed by atoms with van der Waals surface area (Å²) in [6.45, 7) is 6.06. The van der Waals surface area contributed by atoms with E-state index in [1.54, 1.807) is 34.7 Å². The molecule has 4 heterocycles. The molecule has 0 bridgehead atoms. The first-order valence-electron chi connectivity index (χ1n) is 14.3. The first-order chi connectivity index (χ1) is 21.5. The van der Waals surface area contributed by atoms with Gasteiger partial charge in [-0.05, 0) is 44.4 Å². The topological polar surface area (TPSA) is 116 Å². The maximum absolute atomic E-state index is 14.3. The van der Waals surface area contributed by atoms with E-state index in [9.17, 15) is 14.0 Å². The van der Waals surface area contributed by atoms with Crippen LogP contribution in [-0.2, 0) is 28.9 Å². The summed E-state index contributed by atoms with van der Waals surface area (Å²) < 4.78 is 22.8. The minimum Gasteiger partial charge on any atom is -0.444 e. The molecule has 2 N–H and O–H groups in total. The molecule has 14 heteroatoms. The van der Waals surface area contributed by atoms with Crippen molar-refractivity contribution in [3.8, 4) is 11.1 Å². The Labute approximate surface area is 272 Å². The molecule has 0 fully saturated rings. The first kappa shape index (κ1) is 31.0. The number of thiazole rings is 1. The Bertz CT molecular complexity index is 1870. The van der Waals surface area contributed by atoms with Gasteiger partial charge in [0.2, 0.25) is 0 Å². The third-order valence-electron chi connectivity index (χ3n) is 7.27. The zero-order valence-corrected chi connectivity index (χ0v) is 27.0. The fraction of sp³-hybridized carbons (Fsp3) is 0.323. The number of ether oxygens (including phenoxy) is 1. The van der Waals surface area contributed by atoms with E-state index in [4.69, 9.17) is 33.0 Å². The van der Waals surface area contributed by atoms with E-state index in [0.717, 1.165) is 11.1 Å². The zero-order valence-electron chi connectivity index (χ0n) is 24.7. The highest BCUT2D eigenvalue weighted by molar-refractivity contribution is 7.13. The Hall–Kier alpha value is -4.00. The highest BCUT2D eigenvalue weighted by atomic mass is 35.5. The Morgan fingerprint density at radius 3 is 2.69 bits per heavy atom. The number of nitrogens with one attached hydrogen (secondary N) is 2. The van der Waals surface area contributed by atoms with Crippen molar-refractivity contribution in [3.63, 3.8) is 0 Å². The second-order valence-electron chi connectivity index (χ2n) is 11.7. The van der Waals surface area contributed by atoms with Gasteiger partial charge in [0.15, 0.2) is 11.2 Å². The van der Waals surface area contributed by atoms with E-state index in [-0.39, 0.29) is 13.0 Å². The molecule has 2 amide bonds. The summed E-state index contributed by atoms with van der Waals surface area (Å²) in [5, 5.41) is 13.8. The van der Waals surface area contributed by atoms with Crippen LogP contribution in [0.15, 0.2) is 54.4 Å². The lowest BCUT2D eigenvalue weighted by molar-refractivity contribution is -0.118. The number of alkyl halides is 1. The van der Waals surface area contributed by atoms with Gasteiger partial charge in [0.25, 0.3) is 5.91 Å². The second-order valence-corrected chi connectivity index (χ2v) is 13.4. The summed E-state index contributed by atoms with van der Waals surface area (Å²) in [6, 6.07) is 8.51. The van der Waals surface area contributed by atoms with Crippen molar-refractivity contribution in [2.24, 2.45) is 0 Å². The number of anilines is 1. The van der Waals surface area contributed by atoms with Crippen molar-refractivity contribution in [1.82, 2.24) is 29.6 Å². The fourth-order valence-electron chi connectivity index (χ4n) is 5.29. The van der Waals surface area contributed by atoms with Gasteiger partial charge in [0.1, 0.15) is 17.3 Å². The van der Waals surface area contributed by atoms with Gasteiger partial charge in [-0.2, -0.15) is 5.10 Å². The van der Waals surface area contributed by atoms with Crippen LogP contribution in [-0.4, -0.2) is 54.6 Å². The molecule has 6 rings (SSSR count). The van der Waals surface area contributed by atoms with E-state index < -0.39 is 29.8 Å². The van der Waals surface area contributed by atoms with Crippen LogP contribution in [0.3, 0.4) is 0 Å². The average molecular weight is 671 g/mol. The van der Waals surface area contributed by atoms with Crippen molar-refractivity contribution in [2.75, 3.05) is 11.9 Å². The minimum atomic E-state index is -1.06. The molecule has 1 aliphatic rings. The van der Waals surface area contributed by atoms with Gasteiger partial charge in [-0.25, -0.2) is 19.2 Å². The Morgan fingerprint density at radius 2 is 1.98 bits per heavy atom. The van der Waals surface area contributed by atoms with Crippen LogP contribution in [0.4, 0.5) is 14.3 Å². The molecule has 2 aromatic carbocycles. The summed E-state index contributed by atoms with van der Waals surface area (Å²) in [7, 11) is 0. The SMILES string of the molecule is CC(C)(C)OC(=O)NCCc1ccc(-c2cc(Cl)c3cn(C(C(=O)Nc4nccs4)c4ncn5c4C[C@@H](F)C5)nc3c2Cl)cc1. The number of carbonyl (C=O) groups is 2. The molecular formula is C31H30Cl2FN7O3S. The van der Waals surface area contributed by atoms with Crippen molar-refractivity contribution in [3.05, 3.63) is 81.4 Å². The Kier molecular flexibility index (Phi) is 8.55.